The molecule has 15 heteroatoms. The number of carbonyl (C=O) groups is 2. The highest BCUT2D eigenvalue weighted by molar-refractivity contribution is 7.89. The molecule has 1 aromatic carbocycles. The summed E-state index contributed by atoms with van der Waals surface area (Å²) in [4.78, 5) is 32.0. The summed E-state index contributed by atoms with van der Waals surface area (Å²) < 4.78 is 56.0. The number of aromatic nitrogens is 2. The van der Waals surface area contributed by atoms with Crippen molar-refractivity contribution in [1.29, 1.82) is 0 Å². The molecule has 13 nitrogen and oxygen atoms in total. The standard InChI is InChI=1S/C36H51FN6O7S/c1-25-6-8-31(44)22-34(45)50-35(26(2)7-9-33(25)49-36(46)42-12-10-39(4)11-13-42)27(3)18-28-19-29(37)21-30(20-28)41-14-16-43(17-15-41)51(47,48)32-23-38-40(5)24-32/h7,9,18-21,23-26,31,33,35,44H,6,8,10-17,22H2,1-5H3/b9-7-,27-18+/t25-,26-,31+,33-,35-/m0/s1. The molecule has 5 rings (SSSR count). The number of aliphatic hydroxyl groups is 1. The zero-order valence-electron chi connectivity index (χ0n) is 30.1. The maximum atomic E-state index is 15.0. The topological polar surface area (TPSA) is 138 Å². The van der Waals surface area contributed by atoms with Crippen LogP contribution in [-0.2, 0) is 31.3 Å². The van der Waals surface area contributed by atoms with Crippen molar-refractivity contribution in [1.82, 2.24) is 23.9 Å². The van der Waals surface area contributed by atoms with E-state index in [1.54, 1.807) is 18.0 Å². The number of aryl methyl sites for hydroxylation is 1. The Morgan fingerprint density at radius 1 is 1.02 bits per heavy atom. The summed E-state index contributed by atoms with van der Waals surface area (Å²) in [5.41, 5.74) is 1.83. The number of carbonyl (C=O) groups excluding carboxylic acids is 2. The lowest BCUT2D eigenvalue weighted by molar-refractivity contribution is -0.151. The molecule has 3 aliphatic heterocycles. The van der Waals surface area contributed by atoms with Crippen molar-refractivity contribution in [3.8, 4) is 0 Å². The normalized spacial score (nSPS) is 27.3. The van der Waals surface area contributed by atoms with Crippen molar-refractivity contribution < 1.29 is 37.0 Å². The molecule has 51 heavy (non-hydrogen) atoms. The summed E-state index contributed by atoms with van der Waals surface area (Å²) in [7, 11) is -0.0123. The first-order chi connectivity index (χ1) is 24.2. The van der Waals surface area contributed by atoms with Crippen molar-refractivity contribution in [2.45, 2.75) is 63.2 Å². The Morgan fingerprint density at radius 3 is 2.39 bits per heavy atom. The fraction of sp³-hybridized carbons (Fsp3) is 0.583. The largest absolute Gasteiger partial charge is 0.457 e. The third-order valence-electron chi connectivity index (χ3n) is 9.93. The van der Waals surface area contributed by atoms with E-state index >= 15 is 4.39 Å². The number of sulfonamides is 1. The molecule has 0 bridgehead atoms. The van der Waals surface area contributed by atoms with Crippen LogP contribution < -0.4 is 4.90 Å². The van der Waals surface area contributed by atoms with Gasteiger partial charge in [0.1, 0.15) is 22.9 Å². The van der Waals surface area contributed by atoms with Crippen molar-refractivity contribution in [3.05, 3.63) is 59.7 Å². The van der Waals surface area contributed by atoms with Crippen LogP contribution in [-0.4, -0.2) is 127 Å². The Kier molecular flexibility index (Phi) is 12.6. The maximum absolute atomic E-state index is 15.0. The summed E-state index contributed by atoms with van der Waals surface area (Å²) in [6, 6.07) is 4.65. The van der Waals surface area contributed by atoms with E-state index in [0.29, 0.717) is 55.8 Å². The second-order valence-electron chi connectivity index (χ2n) is 14.1. The van der Waals surface area contributed by atoms with E-state index in [2.05, 4.69) is 10.00 Å². The minimum atomic E-state index is -3.69. The molecule has 1 N–H and O–H groups in total. The molecule has 0 unspecified atom stereocenters. The van der Waals surface area contributed by atoms with Crippen LogP contribution in [0.2, 0.25) is 0 Å². The highest BCUT2D eigenvalue weighted by Crippen LogP contribution is 2.28. The predicted molar refractivity (Wildman–Crippen MR) is 191 cm³/mol. The van der Waals surface area contributed by atoms with Gasteiger partial charge in [-0.15, -0.1) is 0 Å². The van der Waals surface area contributed by atoms with Gasteiger partial charge in [-0.1, -0.05) is 26.0 Å². The van der Waals surface area contributed by atoms with Gasteiger partial charge < -0.3 is 29.3 Å². The number of piperazine rings is 2. The van der Waals surface area contributed by atoms with Crippen LogP contribution in [0.3, 0.4) is 0 Å². The van der Waals surface area contributed by atoms with Gasteiger partial charge in [0.15, 0.2) is 0 Å². The number of halogens is 1. The number of ether oxygens (including phenoxy) is 2. The number of anilines is 1. The quantitative estimate of drug-likeness (QED) is 0.347. The van der Waals surface area contributed by atoms with Gasteiger partial charge in [-0.3, -0.25) is 9.48 Å². The monoisotopic (exact) mass is 730 g/mol. The number of cyclic esters (lactones) is 1. The Morgan fingerprint density at radius 2 is 1.73 bits per heavy atom. The second-order valence-corrected chi connectivity index (χ2v) is 16.0. The van der Waals surface area contributed by atoms with Gasteiger partial charge in [-0.2, -0.15) is 9.40 Å². The van der Waals surface area contributed by atoms with Crippen LogP contribution in [0.15, 0.2) is 53.2 Å². The first kappa shape index (κ1) is 38.4. The molecule has 0 aliphatic carbocycles. The van der Waals surface area contributed by atoms with Gasteiger partial charge in [0, 0.05) is 77.2 Å². The molecule has 0 spiro atoms. The van der Waals surface area contributed by atoms with E-state index in [0.717, 1.165) is 13.1 Å². The number of nitrogens with zero attached hydrogens (tertiary/aromatic N) is 6. The first-order valence-corrected chi connectivity index (χ1v) is 19.1. The molecule has 2 fully saturated rings. The number of esters is 1. The molecule has 1 aromatic heterocycles. The Bertz CT molecular complexity index is 1700. The highest BCUT2D eigenvalue weighted by Gasteiger charge is 2.31. The number of benzene rings is 1. The molecule has 0 radical (unpaired) electrons. The average Bonchev–Trinajstić information content (AvgIpc) is 3.54. The van der Waals surface area contributed by atoms with E-state index in [1.165, 1.54) is 33.5 Å². The molecule has 4 heterocycles. The van der Waals surface area contributed by atoms with Gasteiger partial charge >= 0.3 is 12.1 Å². The van der Waals surface area contributed by atoms with E-state index in [9.17, 15) is 23.1 Å². The van der Waals surface area contributed by atoms with Crippen molar-refractivity contribution in [2.75, 3.05) is 64.3 Å². The van der Waals surface area contributed by atoms with Gasteiger partial charge in [-0.05, 0) is 68.1 Å². The fourth-order valence-corrected chi connectivity index (χ4v) is 8.11. The average molecular weight is 731 g/mol. The minimum Gasteiger partial charge on any atom is -0.457 e. The molecule has 0 saturated carbocycles. The zero-order chi connectivity index (χ0) is 36.9. The van der Waals surface area contributed by atoms with Crippen LogP contribution in [0.25, 0.3) is 6.08 Å². The molecular formula is C36H51FN6O7S. The molecule has 280 valence electrons. The number of hydrogen-bond donors (Lipinski definition) is 1. The van der Waals surface area contributed by atoms with Gasteiger partial charge in [0.2, 0.25) is 10.0 Å². The van der Waals surface area contributed by atoms with Crippen LogP contribution >= 0.6 is 0 Å². The van der Waals surface area contributed by atoms with E-state index in [4.69, 9.17) is 9.47 Å². The Balaban J connectivity index is 1.32. The number of amides is 1. The Hall–Kier alpha value is -3.79. The number of likely N-dealkylation sites (N-methyl/N-ethyl adjacent to an activating group) is 1. The molecule has 2 aromatic rings. The number of rotatable bonds is 6. The molecule has 5 atom stereocenters. The smallest absolute Gasteiger partial charge is 0.410 e. The summed E-state index contributed by atoms with van der Waals surface area (Å²) in [5.74, 6) is -1.44. The second kappa shape index (κ2) is 16.7. The lowest BCUT2D eigenvalue weighted by atomic mass is 9.91. The lowest BCUT2D eigenvalue weighted by Crippen LogP contribution is -2.48. The zero-order valence-corrected chi connectivity index (χ0v) is 31.0. The highest BCUT2D eigenvalue weighted by atomic mass is 32.2. The molecule has 2 saturated heterocycles. The van der Waals surface area contributed by atoms with E-state index < -0.39 is 40.1 Å². The van der Waals surface area contributed by atoms with Crippen LogP contribution in [0, 0.1) is 17.7 Å². The van der Waals surface area contributed by atoms with Crippen molar-refractivity contribution >= 4 is 33.8 Å². The first-order valence-electron chi connectivity index (χ1n) is 17.6. The van der Waals surface area contributed by atoms with Gasteiger partial charge in [0.25, 0.3) is 0 Å². The molecular weight excluding hydrogens is 679 g/mol. The van der Waals surface area contributed by atoms with E-state index in [-0.39, 0.29) is 42.3 Å². The van der Waals surface area contributed by atoms with Gasteiger partial charge in [-0.25, -0.2) is 17.6 Å². The molecule has 1 amide bonds. The Labute approximate surface area is 300 Å². The number of aliphatic hydroxyl groups excluding tert-OH is 1. The summed E-state index contributed by atoms with van der Waals surface area (Å²) in [6.07, 6.45) is 6.46. The third kappa shape index (κ3) is 9.96. The lowest BCUT2D eigenvalue weighted by Gasteiger charge is -2.35. The number of hydrogen-bond acceptors (Lipinski definition) is 10. The van der Waals surface area contributed by atoms with Gasteiger partial charge in [0.05, 0.1) is 18.7 Å². The predicted octanol–water partition coefficient (Wildman–Crippen LogP) is 3.51. The van der Waals surface area contributed by atoms with Crippen molar-refractivity contribution in [2.24, 2.45) is 18.9 Å². The summed E-state index contributed by atoms with van der Waals surface area (Å²) in [5, 5.41) is 14.6. The minimum absolute atomic E-state index is 0.104. The van der Waals surface area contributed by atoms with E-state index in [1.807, 2.05) is 50.9 Å². The van der Waals surface area contributed by atoms with Crippen molar-refractivity contribution in [3.63, 3.8) is 0 Å². The molecule has 3 aliphatic rings. The summed E-state index contributed by atoms with van der Waals surface area (Å²) >= 11 is 0. The maximum Gasteiger partial charge on any atom is 0.410 e. The fourth-order valence-electron chi connectivity index (χ4n) is 6.70. The third-order valence-corrected chi connectivity index (χ3v) is 11.8. The van der Waals surface area contributed by atoms with Crippen LogP contribution in [0.5, 0.6) is 0 Å². The SMILES string of the molecule is C/C(=C\c1cc(F)cc(N2CCN(S(=O)(=O)c3cnn(C)c3)CC2)c1)[C@H]1OC(=O)C[C@H](O)CC[C@H](C)[C@@H](OC(=O)N2CCN(C)CC2)/C=C\[C@@H]1C. The van der Waals surface area contributed by atoms with Crippen LogP contribution in [0.4, 0.5) is 14.9 Å². The summed E-state index contributed by atoms with van der Waals surface area (Å²) in [6.45, 7) is 9.60. The van der Waals surface area contributed by atoms with Crippen LogP contribution in [0.1, 0.15) is 45.6 Å².